The molecule has 1 aromatic carbocycles. The molecule has 1 fully saturated rings. The van der Waals surface area contributed by atoms with Gasteiger partial charge < -0.3 is 15.8 Å². The molecule has 3 N–H and O–H groups in total. The van der Waals surface area contributed by atoms with Crippen molar-refractivity contribution in [3.8, 4) is 0 Å². The maximum atomic E-state index is 11.2. The van der Waals surface area contributed by atoms with Gasteiger partial charge in [-0.3, -0.25) is 4.79 Å². The van der Waals surface area contributed by atoms with Crippen molar-refractivity contribution in [3.63, 3.8) is 0 Å². The van der Waals surface area contributed by atoms with Gasteiger partial charge in [-0.2, -0.15) is 0 Å². The van der Waals surface area contributed by atoms with Crippen LogP contribution in [0.3, 0.4) is 0 Å². The van der Waals surface area contributed by atoms with Crippen LogP contribution < -0.4 is 11.1 Å². The van der Waals surface area contributed by atoms with Crippen molar-refractivity contribution < 1.29 is 9.53 Å². The van der Waals surface area contributed by atoms with E-state index in [4.69, 9.17) is 10.5 Å². The summed E-state index contributed by atoms with van der Waals surface area (Å²) in [5.41, 5.74) is 6.47. The number of rotatable bonds is 4. The molecule has 1 aliphatic heterocycles. The smallest absolute Gasteiger partial charge is 0.233 e. The van der Waals surface area contributed by atoms with Gasteiger partial charge in [-0.05, 0) is 18.4 Å². The van der Waals surface area contributed by atoms with Crippen molar-refractivity contribution in [2.24, 2.45) is 11.7 Å². The minimum atomic E-state index is -0.104. The topological polar surface area (TPSA) is 64.4 Å². The predicted molar refractivity (Wildman–Crippen MR) is 77.2 cm³/mol. The molecule has 1 aliphatic rings. The highest BCUT2D eigenvalue weighted by atomic mass is 35.5. The van der Waals surface area contributed by atoms with Gasteiger partial charge in [-0.1, -0.05) is 30.3 Å². The average molecular weight is 285 g/mol. The molecule has 0 aliphatic carbocycles. The van der Waals surface area contributed by atoms with E-state index in [1.165, 1.54) is 5.56 Å². The van der Waals surface area contributed by atoms with Crippen molar-refractivity contribution in [2.45, 2.75) is 18.9 Å². The molecule has 0 bridgehead atoms. The molecule has 1 aromatic rings. The molecule has 4 nitrogen and oxygen atoms in total. The first-order valence-corrected chi connectivity index (χ1v) is 6.44. The summed E-state index contributed by atoms with van der Waals surface area (Å²) >= 11 is 0. The monoisotopic (exact) mass is 284 g/mol. The molecule has 0 radical (unpaired) electrons. The number of nitrogens with two attached hydrogens (primary N) is 1. The number of amides is 1. The van der Waals surface area contributed by atoms with Crippen molar-refractivity contribution in [1.82, 2.24) is 5.32 Å². The quantitative estimate of drug-likeness (QED) is 0.884. The minimum absolute atomic E-state index is 0. The number of halogens is 1. The zero-order valence-electron chi connectivity index (χ0n) is 10.9. The number of benzene rings is 1. The van der Waals surface area contributed by atoms with Crippen LogP contribution in [0.4, 0.5) is 0 Å². The van der Waals surface area contributed by atoms with Crippen LogP contribution in [0.25, 0.3) is 0 Å². The molecule has 0 aromatic heterocycles. The number of hydrogen-bond acceptors (Lipinski definition) is 3. The van der Waals surface area contributed by atoms with E-state index in [2.05, 4.69) is 17.4 Å². The molecule has 1 saturated heterocycles. The van der Waals surface area contributed by atoms with Crippen molar-refractivity contribution in [3.05, 3.63) is 35.9 Å². The lowest BCUT2D eigenvalue weighted by atomic mass is 9.89. The standard InChI is InChI=1S/C14H20N2O2.ClH/c15-9-13(17)16-10-12-7-4-8-18-14(12)11-5-2-1-3-6-11;/h1-3,5-6,12,14H,4,7-10,15H2,(H,16,17);1H. The Hall–Kier alpha value is -1.10. The highest BCUT2D eigenvalue weighted by Crippen LogP contribution is 2.32. The van der Waals surface area contributed by atoms with Crippen LogP contribution in [-0.2, 0) is 9.53 Å². The minimum Gasteiger partial charge on any atom is -0.373 e. The summed E-state index contributed by atoms with van der Waals surface area (Å²) in [5, 5.41) is 2.86. The van der Waals surface area contributed by atoms with Gasteiger partial charge in [0, 0.05) is 19.1 Å². The lowest BCUT2D eigenvalue weighted by Crippen LogP contribution is -2.37. The Labute approximate surface area is 120 Å². The van der Waals surface area contributed by atoms with E-state index in [0.29, 0.717) is 12.5 Å². The van der Waals surface area contributed by atoms with Gasteiger partial charge in [-0.15, -0.1) is 12.4 Å². The second-order valence-electron chi connectivity index (χ2n) is 4.61. The van der Waals surface area contributed by atoms with E-state index in [0.717, 1.165) is 19.4 Å². The predicted octanol–water partition coefficient (Wildman–Crippen LogP) is 1.65. The van der Waals surface area contributed by atoms with Crippen LogP contribution in [0.15, 0.2) is 30.3 Å². The first-order valence-electron chi connectivity index (χ1n) is 6.44. The zero-order chi connectivity index (χ0) is 12.8. The molecule has 2 unspecified atom stereocenters. The molecule has 0 spiro atoms. The third kappa shape index (κ3) is 4.49. The summed E-state index contributed by atoms with van der Waals surface area (Å²) in [7, 11) is 0. The van der Waals surface area contributed by atoms with Crippen LogP contribution in [0.1, 0.15) is 24.5 Å². The molecule has 0 saturated carbocycles. The maximum absolute atomic E-state index is 11.2. The summed E-state index contributed by atoms with van der Waals surface area (Å²) in [4.78, 5) is 11.2. The zero-order valence-corrected chi connectivity index (χ0v) is 11.7. The van der Waals surface area contributed by atoms with Gasteiger partial charge in [0.25, 0.3) is 0 Å². The molecule has 19 heavy (non-hydrogen) atoms. The highest BCUT2D eigenvalue weighted by Gasteiger charge is 2.27. The Balaban J connectivity index is 0.00000180. The number of carbonyl (C=O) groups is 1. The molecular formula is C14H21ClN2O2. The molecular weight excluding hydrogens is 264 g/mol. The average Bonchev–Trinajstić information content (AvgIpc) is 2.46. The number of carbonyl (C=O) groups excluding carboxylic acids is 1. The van der Waals surface area contributed by atoms with Crippen LogP contribution in [0, 0.1) is 5.92 Å². The van der Waals surface area contributed by atoms with Gasteiger partial charge >= 0.3 is 0 Å². The summed E-state index contributed by atoms with van der Waals surface area (Å²) in [6.45, 7) is 1.47. The lowest BCUT2D eigenvalue weighted by Gasteiger charge is -2.32. The van der Waals surface area contributed by atoms with Gasteiger partial charge in [0.05, 0.1) is 12.6 Å². The van der Waals surface area contributed by atoms with E-state index in [-0.39, 0.29) is 31.0 Å². The van der Waals surface area contributed by atoms with Crippen LogP contribution in [0.2, 0.25) is 0 Å². The maximum Gasteiger partial charge on any atom is 0.233 e. The Morgan fingerprint density at radius 3 is 2.79 bits per heavy atom. The Morgan fingerprint density at radius 2 is 2.11 bits per heavy atom. The van der Waals surface area contributed by atoms with Crippen molar-refractivity contribution >= 4 is 18.3 Å². The second-order valence-corrected chi connectivity index (χ2v) is 4.61. The molecule has 5 heteroatoms. The fourth-order valence-electron chi connectivity index (χ4n) is 2.38. The largest absolute Gasteiger partial charge is 0.373 e. The van der Waals surface area contributed by atoms with Crippen LogP contribution >= 0.6 is 12.4 Å². The second kappa shape index (κ2) is 8.15. The molecule has 106 valence electrons. The third-order valence-electron chi connectivity index (χ3n) is 3.32. The molecule has 1 amide bonds. The van der Waals surface area contributed by atoms with Gasteiger partial charge in [0.15, 0.2) is 0 Å². The van der Waals surface area contributed by atoms with E-state index < -0.39 is 0 Å². The lowest BCUT2D eigenvalue weighted by molar-refractivity contribution is -0.120. The Bertz CT molecular complexity index is 386. The van der Waals surface area contributed by atoms with E-state index in [9.17, 15) is 4.79 Å². The summed E-state index contributed by atoms with van der Waals surface area (Å²) in [5.74, 6) is 0.226. The van der Waals surface area contributed by atoms with E-state index >= 15 is 0 Å². The number of nitrogens with one attached hydrogen (secondary N) is 1. The Kier molecular flexibility index (Phi) is 6.84. The highest BCUT2D eigenvalue weighted by molar-refractivity contribution is 5.85. The summed E-state index contributed by atoms with van der Waals surface area (Å²) < 4.78 is 5.86. The van der Waals surface area contributed by atoms with E-state index in [1.807, 2.05) is 18.2 Å². The first-order chi connectivity index (χ1) is 8.81. The summed E-state index contributed by atoms with van der Waals surface area (Å²) in [6, 6.07) is 10.2. The SMILES string of the molecule is Cl.NCC(=O)NCC1CCCOC1c1ccccc1. The normalized spacial score (nSPS) is 22.4. The van der Waals surface area contributed by atoms with Crippen LogP contribution in [-0.4, -0.2) is 25.6 Å². The van der Waals surface area contributed by atoms with Crippen LogP contribution in [0.5, 0.6) is 0 Å². The summed E-state index contributed by atoms with van der Waals surface area (Å²) in [6.07, 6.45) is 2.20. The van der Waals surface area contributed by atoms with E-state index in [1.54, 1.807) is 0 Å². The van der Waals surface area contributed by atoms with Crippen molar-refractivity contribution in [1.29, 1.82) is 0 Å². The first kappa shape index (κ1) is 16.0. The number of hydrogen-bond donors (Lipinski definition) is 2. The van der Waals surface area contributed by atoms with Gasteiger partial charge in [-0.25, -0.2) is 0 Å². The molecule has 2 atom stereocenters. The number of ether oxygens (including phenoxy) is 1. The van der Waals surface area contributed by atoms with Gasteiger partial charge in [0.1, 0.15) is 0 Å². The third-order valence-corrected chi connectivity index (χ3v) is 3.32. The fraction of sp³-hybridized carbons (Fsp3) is 0.500. The Morgan fingerprint density at radius 1 is 1.37 bits per heavy atom. The molecule has 1 heterocycles. The fourth-order valence-corrected chi connectivity index (χ4v) is 2.38. The van der Waals surface area contributed by atoms with Crippen molar-refractivity contribution in [2.75, 3.05) is 19.7 Å². The molecule has 2 rings (SSSR count). The van der Waals surface area contributed by atoms with Gasteiger partial charge in [0.2, 0.25) is 5.91 Å².